The molecule has 0 aliphatic carbocycles. The number of likely N-dealkylation sites (N-methyl/N-ethyl adjacent to an activating group) is 1. The van der Waals surface area contributed by atoms with Gasteiger partial charge in [0.25, 0.3) is 0 Å². The number of nitrogens with one attached hydrogen (secondary N) is 1. The van der Waals surface area contributed by atoms with Crippen LogP contribution < -0.4 is 0 Å². The van der Waals surface area contributed by atoms with E-state index in [4.69, 9.17) is 5.41 Å². The molecule has 5 nitrogen and oxygen atoms in total. The van der Waals surface area contributed by atoms with Gasteiger partial charge in [-0.05, 0) is 56.0 Å². The molecule has 0 radical (unpaired) electrons. The summed E-state index contributed by atoms with van der Waals surface area (Å²) in [6.07, 6.45) is 7.30. The minimum atomic E-state index is -0.131. The smallest absolute Gasteiger partial charge is 0.222 e. The molecular weight excluding hydrogens is 432 g/mol. The number of benzene rings is 2. The third-order valence-electron chi connectivity index (χ3n) is 7.88. The van der Waals surface area contributed by atoms with E-state index in [0.717, 1.165) is 64.0 Å². The van der Waals surface area contributed by atoms with E-state index in [9.17, 15) is 4.79 Å². The van der Waals surface area contributed by atoms with Gasteiger partial charge in [-0.15, -0.1) is 0 Å². The Morgan fingerprint density at radius 2 is 1.71 bits per heavy atom. The van der Waals surface area contributed by atoms with Crippen LogP contribution in [0, 0.1) is 5.41 Å². The molecule has 0 bridgehead atoms. The maximum atomic E-state index is 12.9. The summed E-state index contributed by atoms with van der Waals surface area (Å²) in [5.74, 6) is 0.207. The summed E-state index contributed by atoms with van der Waals surface area (Å²) in [6.45, 7) is 5.75. The maximum absolute atomic E-state index is 12.9. The first-order valence-electron chi connectivity index (χ1n) is 13.1. The van der Waals surface area contributed by atoms with Crippen LogP contribution in [0.15, 0.2) is 60.8 Å². The Balaban J connectivity index is 1.29. The SMILES string of the molecule is CCCC(=N)C1(c2ccccc2)CCN(CCN(C)C(=O)CCc2cn(C)c3ccccc23)CC1. The first-order chi connectivity index (χ1) is 16.9. The van der Waals surface area contributed by atoms with Crippen LogP contribution in [-0.2, 0) is 23.7 Å². The number of aryl methyl sites for hydroxylation is 2. The molecule has 2 aromatic carbocycles. The van der Waals surface area contributed by atoms with Crippen LogP contribution in [0.1, 0.15) is 50.2 Å². The third-order valence-corrected chi connectivity index (χ3v) is 7.88. The Hall–Kier alpha value is -2.92. The molecule has 1 fully saturated rings. The van der Waals surface area contributed by atoms with Crippen molar-refractivity contribution in [2.45, 2.75) is 50.9 Å². The van der Waals surface area contributed by atoms with Crippen molar-refractivity contribution in [2.24, 2.45) is 7.05 Å². The maximum Gasteiger partial charge on any atom is 0.222 e. The zero-order valence-corrected chi connectivity index (χ0v) is 21.6. The van der Waals surface area contributed by atoms with Gasteiger partial charge in [0.2, 0.25) is 5.91 Å². The van der Waals surface area contributed by atoms with E-state index in [1.807, 2.05) is 11.9 Å². The Bertz CT molecular complexity index is 1140. The van der Waals surface area contributed by atoms with Gasteiger partial charge in [0.1, 0.15) is 0 Å². The van der Waals surface area contributed by atoms with Gasteiger partial charge in [0, 0.05) is 61.8 Å². The zero-order valence-electron chi connectivity index (χ0n) is 21.6. The average Bonchev–Trinajstić information content (AvgIpc) is 3.22. The quantitative estimate of drug-likeness (QED) is 0.401. The number of aromatic nitrogens is 1. The molecule has 1 aromatic heterocycles. The van der Waals surface area contributed by atoms with Crippen molar-refractivity contribution >= 4 is 22.5 Å². The molecule has 186 valence electrons. The lowest BCUT2D eigenvalue weighted by Gasteiger charge is -2.43. The first kappa shape index (κ1) is 25.2. The second kappa shape index (κ2) is 11.2. The van der Waals surface area contributed by atoms with Crippen LogP contribution in [0.2, 0.25) is 0 Å². The highest BCUT2D eigenvalue weighted by Crippen LogP contribution is 2.38. The fourth-order valence-electron chi connectivity index (χ4n) is 5.64. The number of piperidine rings is 1. The highest BCUT2D eigenvalue weighted by atomic mass is 16.2. The van der Waals surface area contributed by atoms with Crippen molar-refractivity contribution in [3.05, 3.63) is 71.9 Å². The summed E-state index contributed by atoms with van der Waals surface area (Å²) in [7, 11) is 4.00. The van der Waals surface area contributed by atoms with Gasteiger partial charge < -0.3 is 19.8 Å². The molecule has 1 N–H and O–H groups in total. The van der Waals surface area contributed by atoms with Gasteiger partial charge in [-0.25, -0.2) is 0 Å². The second-order valence-electron chi connectivity index (χ2n) is 10.1. The van der Waals surface area contributed by atoms with Gasteiger partial charge in [0.15, 0.2) is 0 Å². The van der Waals surface area contributed by atoms with Crippen LogP contribution in [-0.4, -0.2) is 59.2 Å². The van der Waals surface area contributed by atoms with Crippen LogP contribution in [0.25, 0.3) is 10.9 Å². The summed E-state index contributed by atoms with van der Waals surface area (Å²) in [6, 6.07) is 19.0. The molecule has 1 aliphatic heterocycles. The molecule has 1 aliphatic rings. The molecule has 2 heterocycles. The van der Waals surface area contributed by atoms with Crippen molar-refractivity contribution < 1.29 is 4.79 Å². The standard InChI is InChI=1S/C30H40N4O/c1-4-10-28(31)30(25-11-6-5-7-12-25)17-19-34(20-18-30)22-21-32(2)29(35)16-15-24-23-33(3)27-14-9-8-13-26(24)27/h5-9,11-14,23,31H,4,10,15-22H2,1-3H3. The largest absolute Gasteiger partial charge is 0.350 e. The molecule has 3 aromatic rings. The van der Waals surface area contributed by atoms with Crippen LogP contribution in [0.3, 0.4) is 0 Å². The number of carbonyl (C=O) groups is 1. The summed E-state index contributed by atoms with van der Waals surface area (Å²) in [4.78, 5) is 17.2. The van der Waals surface area contributed by atoms with Crippen molar-refractivity contribution in [3.8, 4) is 0 Å². The molecule has 0 atom stereocenters. The monoisotopic (exact) mass is 472 g/mol. The molecule has 1 amide bonds. The molecular formula is C30H40N4O. The van der Waals surface area contributed by atoms with E-state index < -0.39 is 0 Å². The lowest BCUT2D eigenvalue weighted by atomic mass is 9.68. The fraction of sp³-hybridized carbons (Fsp3) is 0.467. The van der Waals surface area contributed by atoms with Crippen molar-refractivity contribution in [2.75, 3.05) is 33.2 Å². The van der Waals surface area contributed by atoms with Gasteiger partial charge in [-0.1, -0.05) is 61.9 Å². The van der Waals surface area contributed by atoms with E-state index in [-0.39, 0.29) is 11.3 Å². The molecule has 4 rings (SSSR count). The summed E-state index contributed by atoms with van der Waals surface area (Å²) in [5.41, 5.74) is 4.50. The Morgan fingerprint density at radius 3 is 2.43 bits per heavy atom. The van der Waals surface area contributed by atoms with E-state index in [0.29, 0.717) is 6.42 Å². The number of nitrogens with zero attached hydrogens (tertiary/aromatic N) is 3. The summed E-state index contributed by atoms with van der Waals surface area (Å²) >= 11 is 0. The van der Waals surface area contributed by atoms with Crippen molar-refractivity contribution in [1.82, 2.24) is 14.4 Å². The highest BCUT2D eigenvalue weighted by Gasteiger charge is 2.39. The number of fused-ring (bicyclic) bond motifs is 1. The normalized spacial score (nSPS) is 15.9. The molecule has 0 saturated carbocycles. The predicted octanol–water partition coefficient (Wildman–Crippen LogP) is 5.42. The minimum absolute atomic E-state index is 0.131. The number of hydrogen-bond donors (Lipinski definition) is 1. The van der Waals surface area contributed by atoms with Crippen LogP contribution in [0.5, 0.6) is 0 Å². The average molecular weight is 473 g/mol. The van der Waals surface area contributed by atoms with E-state index >= 15 is 0 Å². The fourth-order valence-corrected chi connectivity index (χ4v) is 5.64. The van der Waals surface area contributed by atoms with Gasteiger partial charge in [0.05, 0.1) is 0 Å². The van der Waals surface area contributed by atoms with Gasteiger partial charge in [-0.3, -0.25) is 4.79 Å². The minimum Gasteiger partial charge on any atom is -0.350 e. The number of carbonyl (C=O) groups excluding carboxylic acids is 1. The summed E-state index contributed by atoms with van der Waals surface area (Å²) in [5, 5.41) is 10.1. The predicted molar refractivity (Wildman–Crippen MR) is 145 cm³/mol. The number of hydrogen-bond acceptors (Lipinski definition) is 3. The van der Waals surface area contributed by atoms with Crippen molar-refractivity contribution in [3.63, 3.8) is 0 Å². The van der Waals surface area contributed by atoms with Gasteiger partial charge in [-0.2, -0.15) is 0 Å². The lowest BCUT2D eigenvalue weighted by molar-refractivity contribution is -0.130. The van der Waals surface area contributed by atoms with Crippen LogP contribution >= 0.6 is 0 Å². The number of likely N-dealkylation sites (tertiary alicyclic amines) is 1. The topological polar surface area (TPSA) is 52.3 Å². The summed E-state index contributed by atoms with van der Waals surface area (Å²) < 4.78 is 2.14. The molecule has 35 heavy (non-hydrogen) atoms. The number of amides is 1. The Labute approximate surface area is 210 Å². The molecule has 1 saturated heterocycles. The first-order valence-corrected chi connectivity index (χ1v) is 13.1. The van der Waals surface area contributed by atoms with Crippen molar-refractivity contribution in [1.29, 1.82) is 5.41 Å². The van der Waals surface area contributed by atoms with E-state index in [1.165, 1.54) is 22.0 Å². The molecule has 5 heteroatoms. The van der Waals surface area contributed by atoms with E-state index in [1.54, 1.807) is 0 Å². The molecule has 0 unspecified atom stereocenters. The number of para-hydroxylation sites is 1. The molecule has 0 spiro atoms. The Morgan fingerprint density at radius 1 is 1.03 bits per heavy atom. The third kappa shape index (κ3) is 5.51. The van der Waals surface area contributed by atoms with E-state index in [2.05, 4.69) is 84.2 Å². The zero-order chi connectivity index (χ0) is 24.8. The lowest BCUT2D eigenvalue weighted by Crippen LogP contribution is -2.48. The van der Waals surface area contributed by atoms with Gasteiger partial charge >= 0.3 is 0 Å². The Kier molecular flexibility index (Phi) is 8.07. The van der Waals surface area contributed by atoms with Crippen LogP contribution in [0.4, 0.5) is 0 Å². The highest BCUT2D eigenvalue weighted by molar-refractivity contribution is 5.92. The second-order valence-corrected chi connectivity index (χ2v) is 10.1. The number of rotatable bonds is 10.